The Labute approximate surface area is 107 Å². The summed E-state index contributed by atoms with van der Waals surface area (Å²) in [4.78, 5) is 12.1. The van der Waals surface area contributed by atoms with Crippen molar-refractivity contribution >= 4 is 17.4 Å². The van der Waals surface area contributed by atoms with Crippen molar-refractivity contribution in [3.8, 4) is 0 Å². The van der Waals surface area contributed by atoms with Crippen LogP contribution in [0.15, 0.2) is 24.3 Å². The summed E-state index contributed by atoms with van der Waals surface area (Å²) in [6, 6.07) is 7.23. The predicted octanol–water partition coefficient (Wildman–Crippen LogP) is 3.15. The molecule has 0 aromatic heterocycles. The zero-order chi connectivity index (χ0) is 12.3. The van der Waals surface area contributed by atoms with Crippen LogP contribution in [0.2, 0.25) is 5.02 Å². The van der Waals surface area contributed by atoms with Crippen LogP contribution in [0.5, 0.6) is 0 Å². The normalized spacial score (nSPS) is 18.9. The smallest absolute Gasteiger partial charge is 0.168 e. The first-order valence-electron chi connectivity index (χ1n) is 6.10. The summed E-state index contributed by atoms with van der Waals surface area (Å²) >= 11 is 5.79. The van der Waals surface area contributed by atoms with E-state index in [4.69, 9.17) is 11.6 Å². The standard InChI is InChI=1S/C14H17ClO2/c15-12-6-4-11(5-7-12)10-13(16)14(17)8-2-1-3-9-14/h4-7,17H,1-3,8-10H2. The summed E-state index contributed by atoms with van der Waals surface area (Å²) < 4.78 is 0. The molecule has 0 saturated heterocycles. The molecule has 1 aromatic rings. The number of benzene rings is 1. The Balaban J connectivity index is 2.03. The van der Waals surface area contributed by atoms with Gasteiger partial charge in [-0.2, -0.15) is 0 Å². The zero-order valence-electron chi connectivity index (χ0n) is 9.79. The minimum atomic E-state index is -1.09. The first-order chi connectivity index (χ1) is 8.10. The summed E-state index contributed by atoms with van der Waals surface area (Å²) in [5, 5.41) is 10.9. The summed E-state index contributed by atoms with van der Waals surface area (Å²) in [6.07, 6.45) is 4.54. The van der Waals surface area contributed by atoms with E-state index in [1.165, 1.54) is 0 Å². The van der Waals surface area contributed by atoms with Gasteiger partial charge in [0.15, 0.2) is 5.78 Å². The van der Waals surface area contributed by atoms with E-state index in [0.717, 1.165) is 24.8 Å². The number of carbonyl (C=O) groups excluding carboxylic acids is 1. The van der Waals surface area contributed by atoms with E-state index in [1.807, 2.05) is 12.1 Å². The third-order valence-electron chi connectivity index (χ3n) is 3.48. The lowest BCUT2D eigenvalue weighted by atomic mass is 9.80. The van der Waals surface area contributed by atoms with Gasteiger partial charge in [-0.3, -0.25) is 4.79 Å². The molecule has 92 valence electrons. The first kappa shape index (κ1) is 12.6. The fourth-order valence-electron chi connectivity index (χ4n) is 2.37. The highest BCUT2D eigenvalue weighted by Gasteiger charge is 2.36. The number of aliphatic hydroxyl groups is 1. The molecule has 0 heterocycles. The molecular weight excluding hydrogens is 236 g/mol. The number of halogens is 1. The molecule has 1 N–H and O–H groups in total. The quantitative estimate of drug-likeness (QED) is 0.897. The zero-order valence-corrected chi connectivity index (χ0v) is 10.5. The maximum absolute atomic E-state index is 12.1. The summed E-state index contributed by atoms with van der Waals surface area (Å²) in [5.41, 5.74) is -0.170. The molecule has 0 aliphatic heterocycles. The third-order valence-corrected chi connectivity index (χ3v) is 3.73. The van der Waals surface area contributed by atoms with Gasteiger partial charge in [0.2, 0.25) is 0 Å². The van der Waals surface area contributed by atoms with Crippen LogP contribution in [0.4, 0.5) is 0 Å². The van der Waals surface area contributed by atoms with Crippen LogP contribution in [0.25, 0.3) is 0 Å². The SMILES string of the molecule is O=C(Cc1ccc(Cl)cc1)C1(O)CCCCC1. The number of carbonyl (C=O) groups is 1. The van der Waals surface area contributed by atoms with Gasteiger partial charge < -0.3 is 5.11 Å². The molecule has 0 bridgehead atoms. The maximum Gasteiger partial charge on any atom is 0.168 e. The molecule has 1 fully saturated rings. The Morgan fingerprint density at radius 1 is 1.18 bits per heavy atom. The maximum atomic E-state index is 12.1. The molecule has 1 aliphatic carbocycles. The van der Waals surface area contributed by atoms with Crippen molar-refractivity contribution in [2.24, 2.45) is 0 Å². The highest BCUT2D eigenvalue weighted by molar-refractivity contribution is 6.30. The van der Waals surface area contributed by atoms with Gasteiger partial charge >= 0.3 is 0 Å². The Bertz CT molecular complexity index is 391. The molecule has 0 radical (unpaired) electrons. The van der Waals surface area contributed by atoms with Crippen LogP contribution in [-0.4, -0.2) is 16.5 Å². The lowest BCUT2D eigenvalue weighted by Gasteiger charge is -2.30. The minimum absolute atomic E-state index is 0.0560. The number of hydrogen-bond acceptors (Lipinski definition) is 2. The molecule has 2 rings (SSSR count). The average Bonchev–Trinajstić information content (AvgIpc) is 2.33. The molecule has 1 saturated carbocycles. The van der Waals surface area contributed by atoms with Gasteiger partial charge in [-0.25, -0.2) is 0 Å². The van der Waals surface area contributed by atoms with E-state index in [1.54, 1.807) is 12.1 Å². The van der Waals surface area contributed by atoms with Crippen molar-refractivity contribution in [1.29, 1.82) is 0 Å². The molecule has 0 spiro atoms. The van der Waals surface area contributed by atoms with Crippen LogP contribution in [0, 0.1) is 0 Å². The fraction of sp³-hybridized carbons (Fsp3) is 0.500. The van der Waals surface area contributed by atoms with Gasteiger partial charge in [-0.1, -0.05) is 43.0 Å². The van der Waals surface area contributed by atoms with Crippen molar-refractivity contribution in [2.45, 2.75) is 44.1 Å². The van der Waals surface area contributed by atoms with Crippen LogP contribution in [0.1, 0.15) is 37.7 Å². The fourth-order valence-corrected chi connectivity index (χ4v) is 2.49. The largest absolute Gasteiger partial charge is 0.382 e. The molecule has 0 amide bonds. The number of rotatable bonds is 3. The molecule has 17 heavy (non-hydrogen) atoms. The Morgan fingerprint density at radius 2 is 1.76 bits per heavy atom. The number of Topliss-reactive ketones (excluding diaryl/α,β-unsaturated/α-hetero) is 1. The second-order valence-electron chi connectivity index (χ2n) is 4.82. The molecule has 1 aliphatic rings. The van der Waals surface area contributed by atoms with Crippen molar-refractivity contribution in [1.82, 2.24) is 0 Å². The molecule has 3 heteroatoms. The lowest BCUT2D eigenvalue weighted by molar-refractivity contribution is -0.139. The monoisotopic (exact) mass is 252 g/mol. The molecular formula is C14H17ClO2. The van der Waals surface area contributed by atoms with E-state index in [9.17, 15) is 9.90 Å². The Kier molecular flexibility index (Phi) is 3.85. The highest BCUT2D eigenvalue weighted by atomic mass is 35.5. The topological polar surface area (TPSA) is 37.3 Å². The van der Waals surface area contributed by atoms with Gasteiger partial charge in [0.25, 0.3) is 0 Å². The van der Waals surface area contributed by atoms with Gasteiger partial charge in [-0.05, 0) is 30.5 Å². The minimum Gasteiger partial charge on any atom is -0.382 e. The summed E-state index contributed by atoms with van der Waals surface area (Å²) in [7, 11) is 0. The third kappa shape index (κ3) is 3.08. The van der Waals surface area contributed by atoms with Gasteiger partial charge in [-0.15, -0.1) is 0 Å². The van der Waals surface area contributed by atoms with E-state index >= 15 is 0 Å². The van der Waals surface area contributed by atoms with Crippen LogP contribution in [0.3, 0.4) is 0 Å². The van der Waals surface area contributed by atoms with E-state index in [0.29, 0.717) is 24.3 Å². The molecule has 1 aromatic carbocycles. The first-order valence-corrected chi connectivity index (χ1v) is 6.48. The van der Waals surface area contributed by atoms with Gasteiger partial charge in [0.05, 0.1) is 0 Å². The van der Waals surface area contributed by atoms with Crippen molar-refractivity contribution in [3.05, 3.63) is 34.9 Å². The average molecular weight is 253 g/mol. The molecule has 0 atom stereocenters. The second kappa shape index (κ2) is 5.19. The van der Waals surface area contributed by atoms with Crippen molar-refractivity contribution < 1.29 is 9.90 Å². The Morgan fingerprint density at radius 3 is 2.35 bits per heavy atom. The lowest BCUT2D eigenvalue weighted by Crippen LogP contribution is -2.41. The second-order valence-corrected chi connectivity index (χ2v) is 5.26. The predicted molar refractivity (Wildman–Crippen MR) is 68.2 cm³/mol. The van der Waals surface area contributed by atoms with Crippen LogP contribution >= 0.6 is 11.6 Å². The molecule has 2 nitrogen and oxygen atoms in total. The van der Waals surface area contributed by atoms with Crippen molar-refractivity contribution in [3.63, 3.8) is 0 Å². The van der Waals surface area contributed by atoms with E-state index < -0.39 is 5.60 Å². The number of hydrogen-bond donors (Lipinski definition) is 1. The van der Waals surface area contributed by atoms with Crippen LogP contribution < -0.4 is 0 Å². The Hall–Kier alpha value is -0.860. The number of ketones is 1. The summed E-state index contributed by atoms with van der Waals surface area (Å²) in [5.74, 6) is -0.0560. The van der Waals surface area contributed by atoms with E-state index in [-0.39, 0.29) is 5.78 Å². The van der Waals surface area contributed by atoms with E-state index in [2.05, 4.69) is 0 Å². The summed E-state index contributed by atoms with van der Waals surface area (Å²) in [6.45, 7) is 0. The van der Waals surface area contributed by atoms with Crippen LogP contribution in [-0.2, 0) is 11.2 Å². The highest BCUT2D eigenvalue weighted by Crippen LogP contribution is 2.29. The van der Waals surface area contributed by atoms with Crippen molar-refractivity contribution in [2.75, 3.05) is 0 Å². The molecule has 0 unspecified atom stereocenters. The van der Waals surface area contributed by atoms with Gasteiger partial charge in [0, 0.05) is 11.4 Å². The van der Waals surface area contributed by atoms with Gasteiger partial charge in [0.1, 0.15) is 5.60 Å².